The van der Waals surface area contributed by atoms with Crippen LogP contribution in [0.4, 0.5) is 0 Å². The fourth-order valence-electron chi connectivity index (χ4n) is 2.28. The van der Waals surface area contributed by atoms with Gasteiger partial charge in [0.25, 0.3) is 0 Å². The Labute approximate surface area is 163 Å². The lowest BCUT2D eigenvalue weighted by atomic mass is 10.1. The van der Waals surface area contributed by atoms with Crippen molar-refractivity contribution >= 4 is 11.9 Å². The molecule has 0 bridgehead atoms. The lowest BCUT2D eigenvalue weighted by molar-refractivity contribution is -0.145. The number of carbonyl (C=O) groups excluding carboxylic acids is 1. The number of nitrogens with zero attached hydrogens (tertiary/aromatic N) is 1. The molecule has 0 aromatic carbocycles. The minimum Gasteiger partial charge on any atom is -0.478 e. The number of carboxylic acids is 1. The van der Waals surface area contributed by atoms with Gasteiger partial charge in [-0.2, -0.15) is 0 Å². The highest BCUT2D eigenvalue weighted by molar-refractivity contribution is 5.90. The number of carboxylic acid groups (broad SMARTS) is 1. The first kappa shape index (κ1) is 21.2. The lowest BCUT2D eigenvalue weighted by Crippen LogP contribution is -2.44. The van der Waals surface area contributed by atoms with E-state index in [1.165, 1.54) is 0 Å². The molecule has 0 spiro atoms. The predicted molar refractivity (Wildman–Crippen MR) is 104 cm³/mol. The number of pyridine rings is 1. The summed E-state index contributed by atoms with van der Waals surface area (Å²) >= 11 is 0. The number of H-pyrrole nitrogens is 1. The normalized spacial score (nSPS) is 12.7. The third-order valence-corrected chi connectivity index (χ3v) is 3.57. The summed E-state index contributed by atoms with van der Waals surface area (Å²) in [6.07, 6.45) is 4.39. The van der Waals surface area contributed by atoms with Crippen LogP contribution < -0.4 is 10.1 Å². The van der Waals surface area contributed by atoms with Crippen molar-refractivity contribution in [2.45, 2.75) is 32.4 Å². The molecule has 0 aliphatic heterocycles. The number of rotatable bonds is 9. The van der Waals surface area contributed by atoms with E-state index in [0.29, 0.717) is 12.4 Å². The monoisotopic (exact) mass is 387 g/mol. The van der Waals surface area contributed by atoms with Crippen molar-refractivity contribution in [3.05, 3.63) is 48.8 Å². The zero-order valence-electron chi connectivity index (χ0n) is 16.1. The topological polar surface area (TPSA) is 114 Å². The summed E-state index contributed by atoms with van der Waals surface area (Å²) in [5.74, 6) is -1.57. The molecule has 0 fully saturated rings. The number of hydrogen-bond donors (Lipinski definition) is 3. The van der Waals surface area contributed by atoms with Crippen LogP contribution in [0, 0.1) is 0 Å². The second-order valence-electron chi connectivity index (χ2n) is 7.11. The maximum atomic E-state index is 11.9. The van der Waals surface area contributed by atoms with Crippen molar-refractivity contribution in [1.82, 2.24) is 15.3 Å². The predicted octanol–water partition coefficient (Wildman–Crippen LogP) is 2.40. The zero-order chi connectivity index (χ0) is 20.6. The van der Waals surface area contributed by atoms with E-state index < -0.39 is 18.0 Å². The van der Waals surface area contributed by atoms with Gasteiger partial charge in [-0.3, -0.25) is 0 Å². The van der Waals surface area contributed by atoms with Gasteiger partial charge in [-0.15, -0.1) is 0 Å². The van der Waals surface area contributed by atoms with Gasteiger partial charge < -0.3 is 24.9 Å². The van der Waals surface area contributed by atoms with E-state index >= 15 is 0 Å². The van der Waals surface area contributed by atoms with Crippen LogP contribution in [0.1, 0.15) is 20.8 Å². The molecule has 0 amide bonds. The fourth-order valence-corrected chi connectivity index (χ4v) is 2.28. The summed E-state index contributed by atoms with van der Waals surface area (Å²) in [4.78, 5) is 29.8. The molecular weight excluding hydrogens is 362 g/mol. The molecule has 2 heterocycles. The molecule has 2 aromatic rings. The standard InChI is InChI=1S/C20H25N3O5/c1-20(2,3)23-12-14(28-18(26)9-8-17(24)25)13-27-19-15(6-4-11-22-19)16-7-5-10-21-16/h4-11,14,21,23H,12-13H2,1-3H3,(H,24,25)/b9-8-. The number of aromatic amines is 1. The molecule has 0 aliphatic carbocycles. The molecule has 8 nitrogen and oxygen atoms in total. The van der Waals surface area contributed by atoms with Crippen LogP contribution in [0.5, 0.6) is 5.88 Å². The van der Waals surface area contributed by atoms with Crippen LogP contribution in [-0.2, 0) is 14.3 Å². The Hall–Kier alpha value is -3.13. The van der Waals surface area contributed by atoms with E-state index in [9.17, 15) is 9.59 Å². The minimum atomic E-state index is -1.22. The van der Waals surface area contributed by atoms with Gasteiger partial charge in [0.2, 0.25) is 5.88 Å². The maximum absolute atomic E-state index is 11.9. The van der Waals surface area contributed by atoms with Crippen molar-refractivity contribution in [3.8, 4) is 17.1 Å². The smallest absolute Gasteiger partial charge is 0.331 e. The Morgan fingerprint density at radius 1 is 1.29 bits per heavy atom. The first-order valence-corrected chi connectivity index (χ1v) is 8.83. The molecule has 150 valence electrons. The van der Waals surface area contributed by atoms with E-state index in [4.69, 9.17) is 14.6 Å². The van der Waals surface area contributed by atoms with E-state index in [-0.39, 0.29) is 12.1 Å². The van der Waals surface area contributed by atoms with Crippen LogP contribution in [0.25, 0.3) is 11.3 Å². The Balaban J connectivity index is 2.08. The number of esters is 1. The second kappa shape index (κ2) is 9.70. The molecule has 8 heteroatoms. The number of aliphatic carboxylic acids is 1. The molecule has 2 aromatic heterocycles. The fraction of sp³-hybridized carbons (Fsp3) is 0.350. The van der Waals surface area contributed by atoms with Crippen molar-refractivity contribution in [3.63, 3.8) is 0 Å². The first-order valence-electron chi connectivity index (χ1n) is 8.83. The van der Waals surface area contributed by atoms with Crippen molar-refractivity contribution < 1.29 is 24.2 Å². The Bertz CT molecular complexity index is 809. The van der Waals surface area contributed by atoms with Crippen molar-refractivity contribution in [2.75, 3.05) is 13.2 Å². The van der Waals surface area contributed by atoms with Crippen LogP contribution in [0.2, 0.25) is 0 Å². The summed E-state index contributed by atoms with van der Waals surface area (Å²) < 4.78 is 11.2. The third-order valence-electron chi connectivity index (χ3n) is 3.57. The maximum Gasteiger partial charge on any atom is 0.331 e. The number of nitrogens with one attached hydrogen (secondary N) is 2. The van der Waals surface area contributed by atoms with Crippen molar-refractivity contribution in [2.24, 2.45) is 0 Å². The number of aromatic nitrogens is 2. The Kier molecular flexibility index (Phi) is 7.34. The molecular formula is C20H25N3O5. The molecule has 28 heavy (non-hydrogen) atoms. The van der Waals surface area contributed by atoms with E-state index in [1.807, 2.05) is 39.0 Å². The van der Waals surface area contributed by atoms with Gasteiger partial charge in [0.1, 0.15) is 12.7 Å². The van der Waals surface area contributed by atoms with Gasteiger partial charge in [-0.1, -0.05) is 0 Å². The third kappa shape index (κ3) is 7.24. The highest BCUT2D eigenvalue weighted by atomic mass is 16.6. The van der Waals surface area contributed by atoms with E-state index in [0.717, 1.165) is 23.4 Å². The van der Waals surface area contributed by atoms with Crippen LogP contribution >= 0.6 is 0 Å². The highest BCUT2D eigenvalue weighted by Gasteiger charge is 2.19. The molecule has 0 radical (unpaired) electrons. The van der Waals surface area contributed by atoms with Gasteiger partial charge >= 0.3 is 11.9 Å². The van der Waals surface area contributed by atoms with Gasteiger partial charge in [0, 0.05) is 36.6 Å². The summed E-state index contributed by atoms with van der Waals surface area (Å²) in [5.41, 5.74) is 1.45. The molecule has 1 atom stereocenters. The summed E-state index contributed by atoms with van der Waals surface area (Å²) in [5, 5.41) is 11.9. The van der Waals surface area contributed by atoms with Crippen molar-refractivity contribution in [1.29, 1.82) is 0 Å². The average molecular weight is 387 g/mol. The Morgan fingerprint density at radius 2 is 2.07 bits per heavy atom. The summed E-state index contributed by atoms with van der Waals surface area (Å²) in [7, 11) is 0. The minimum absolute atomic E-state index is 0.0560. The molecule has 3 N–H and O–H groups in total. The Morgan fingerprint density at radius 3 is 2.71 bits per heavy atom. The van der Waals surface area contributed by atoms with Crippen LogP contribution in [-0.4, -0.2) is 51.8 Å². The molecule has 2 rings (SSSR count). The quantitative estimate of drug-likeness (QED) is 0.447. The van der Waals surface area contributed by atoms with Crippen LogP contribution in [0.15, 0.2) is 48.8 Å². The first-order chi connectivity index (χ1) is 13.2. The van der Waals surface area contributed by atoms with Gasteiger partial charge in [-0.05, 0) is 45.0 Å². The summed E-state index contributed by atoms with van der Waals surface area (Å²) in [6.45, 7) is 6.35. The van der Waals surface area contributed by atoms with E-state index in [2.05, 4.69) is 15.3 Å². The van der Waals surface area contributed by atoms with Crippen LogP contribution in [0.3, 0.4) is 0 Å². The van der Waals surface area contributed by atoms with Gasteiger partial charge in [-0.25, -0.2) is 14.6 Å². The zero-order valence-corrected chi connectivity index (χ0v) is 16.1. The van der Waals surface area contributed by atoms with Gasteiger partial charge in [0.15, 0.2) is 0 Å². The molecule has 0 saturated carbocycles. The van der Waals surface area contributed by atoms with E-state index in [1.54, 1.807) is 18.5 Å². The number of ether oxygens (including phenoxy) is 2. The van der Waals surface area contributed by atoms with Gasteiger partial charge in [0.05, 0.1) is 11.3 Å². The number of hydrogen-bond acceptors (Lipinski definition) is 6. The highest BCUT2D eigenvalue weighted by Crippen LogP contribution is 2.26. The SMILES string of the molecule is CC(C)(C)NCC(COc1ncccc1-c1ccc[nH]1)OC(=O)/C=C\C(=O)O. The molecule has 0 aliphatic rings. The molecule has 1 unspecified atom stereocenters. The molecule has 0 saturated heterocycles. The number of carbonyl (C=O) groups is 2. The average Bonchev–Trinajstić information content (AvgIpc) is 3.16. The second-order valence-corrected chi connectivity index (χ2v) is 7.11. The lowest BCUT2D eigenvalue weighted by Gasteiger charge is -2.25. The largest absolute Gasteiger partial charge is 0.478 e. The summed E-state index contributed by atoms with van der Waals surface area (Å²) in [6, 6.07) is 7.45.